The normalized spacial score (nSPS) is 12.4. The van der Waals surface area contributed by atoms with Crippen LogP contribution in [0, 0.1) is 0 Å². The Morgan fingerprint density at radius 3 is 2.54 bits per heavy atom. The van der Waals surface area contributed by atoms with Crippen LogP contribution in [0.1, 0.15) is 12.0 Å². The maximum atomic E-state index is 10.5. The molecule has 0 aliphatic heterocycles. The average molecular weight is 290 g/mol. The average Bonchev–Trinajstić information content (AvgIpc) is 2.15. The van der Waals surface area contributed by atoms with Crippen LogP contribution < -0.4 is 0 Å². The molecule has 1 atom stereocenters. The first-order chi connectivity index (χ1) is 6.20. The van der Waals surface area contributed by atoms with Gasteiger partial charge in [0.2, 0.25) is 0 Å². The summed E-state index contributed by atoms with van der Waals surface area (Å²) in [5, 5.41) is 8.65. The van der Waals surface area contributed by atoms with Gasteiger partial charge in [-0.05, 0) is 18.4 Å². The minimum atomic E-state index is -0.725. The zero-order valence-corrected chi connectivity index (χ0v) is 9.27. The van der Waals surface area contributed by atoms with Gasteiger partial charge in [0.1, 0.15) is 3.92 Å². The number of aliphatic carboxylic acids is 1. The number of rotatable bonds is 4. The van der Waals surface area contributed by atoms with Crippen LogP contribution in [0.5, 0.6) is 0 Å². The standard InChI is InChI=1S/C10H11IO2/c11-9(10(12)13)7-6-8-4-2-1-3-5-8/h1-5,9H,6-7H2,(H,12,13). The van der Waals surface area contributed by atoms with Crippen molar-refractivity contribution in [1.82, 2.24) is 0 Å². The van der Waals surface area contributed by atoms with Crippen molar-refractivity contribution < 1.29 is 9.90 Å². The number of carboxylic acids is 1. The third kappa shape index (κ3) is 3.76. The Bertz CT molecular complexity index is 272. The maximum absolute atomic E-state index is 10.5. The second-order valence-corrected chi connectivity index (χ2v) is 4.33. The van der Waals surface area contributed by atoms with Gasteiger partial charge in [0, 0.05) is 0 Å². The van der Waals surface area contributed by atoms with Gasteiger partial charge in [0.05, 0.1) is 0 Å². The van der Waals surface area contributed by atoms with Gasteiger partial charge < -0.3 is 5.11 Å². The lowest BCUT2D eigenvalue weighted by Crippen LogP contribution is -2.12. The minimum absolute atomic E-state index is 0.280. The van der Waals surface area contributed by atoms with Crippen molar-refractivity contribution in [3.05, 3.63) is 35.9 Å². The molecule has 1 aromatic carbocycles. The lowest BCUT2D eigenvalue weighted by molar-refractivity contribution is -0.136. The number of aryl methyl sites for hydroxylation is 1. The quantitative estimate of drug-likeness (QED) is 0.683. The van der Waals surface area contributed by atoms with Crippen LogP contribution >= 0.6 is 22.6 Å². The van der Waals surface area contributed by atoms with Crippen molar-refractivity contribution >= 4 is 28.6 Å². The van der Waals surface area contributed by atoms with E-state index >= 15 is 0 Å². The summed E-state index contributed by atoms with van der Waals surface area (Å²) in [5.74, 6) is -0.725. The molecule has 0 saturated heterocycles. The van der Waals surface area contributed by atoms with Gasteiger partial charge in [-0.1, -0.05) is 52.9 Å². The zero-order valence-electron chi connectivity index (χ0n) is 7.11. The smallest absolute Gasteiger partial charge is 0.316 e. The highest BCUT2D eigenvalue weighted by molar-refractivity contribution is 14.1. The molecule has 70 valence electrons. The summed E-state index contributed by atoms with van der Waals surface area (Å²) in [6, 6.07) is 9.94. The van der Waals surface area contributed by atoms with Crippen molar-refractivity contribution in [1.29, 1.82) is 0 Å². The molecule has 0 amide bonds. The molecular formula is C10H11IO2. The predicted octanol–water partition coefficient (Wildman–Crippen LogP) is 2.51. The van der Waals surface area contributed by atoms with Gasteiger partial charge in [0.25, 0.3) is 0 Å². The molecular weight excluding hydrogens is 279 g/mol. The summed E-state index contributed by atoms with van der Waals surface area (Å²) in [6.07, 6.45) is 1.53. The molecule has 0 fully saturated rings. The van der Waals surface area contributed by atoms with Crippen molar-refractivity contribution in [3.8, 4) is 0 Å². The Morgan fingerprint density at radius 2 is 2.00 bits per heavy atom. The van der Waals surface area contributed by atoms with E-state index in [1.54, 1.807) is 0 Å². The highest BCUT2D eigenvalue weighted by Crippen LogP contribution is 2.11. The van der Waals surface area contributed by atoms with Crippen molar-refractivity contribution in [3.63, 3.8) is 0 Å². The highest BCUT2D eigenvalue weighted by Gasteiger charge is 2.11. The van der Waals surface area contributed by atoms with Gasteiger partial charge >= 0.3 is 5.97 Å². The van der Waals surface area contributed by atoms with Gasteiger partial charge in [-0.2, -0.15) is 0 Å². The summed E-state index contributed by atoms with van der Waals surface area (Å²) in [5.41, 5.74) is 1.20. The zero-order chi connectivity index (χ0) is 9.68. The Hall–Kier alpha value is -0.580. The first-order valence-corrected chi connectivity index (χ1v) is 5.35. The number of benzene rings is 1. The van der Waals surface area contributed by atoms with E-state index in [2.05, 4.69) is 0 Å². The van der Waals surface area contributed by atoms with Crippen LogP contribution in [-0.4, -0.2) is 15.0 Å². The molecule has 2 nitrogen and oxygen atoms in total. The summed E-state index contributed by atoms with van der Waals surface area (Å²) in [6.45, 7) is 0. The lowest BCUT2D eigenvalue weighted by atomic mass is 10.1. The molecule has 1 N–H and O–H groups in total. The van der Waals surface area contributed by atoms with Crippen LogP contribution in [-0.2, 0) is 11.2 Å². The monoisotopic (exact) mass is 290 g/mol. The molecule has 1 unspecified atom stereocenters. The fraction of sp³-hybridized carbons (Fsp3) is 0.300. The van der Waals surface area contributed by atoms with Crippen LogP contribution in [0.3, 0.4) is 0 Å². The van der Waals surface area contributed by atoms with E-state index < -0.39 is 5.97 Å². The molecule has 0 bridgehead atoms. The number of hydrogen-bond acceptors (Lipinski definition) is 1. The van der Waals surface area contributed by atoms with Crippen molar-refractivity contribution in [2.75, 3.05) is 0 Å². The Balaban J connectivity index is 2.39. The van der Waals surface area contributed by atoms with E-state index in [-0.39, 0.29) is 3.92 Å². The molecule has 1 aromatic rings. The third-order valence-corrected chi connectivity index (χ3v) is 2.95. The molecule has 1 rings (SSSR count). The van der Waals surface area contributed by atoms with Crippen molar-refractivity contribution in [2.24, 2.45) is 0 Å². The number of halogens is 1. The van der Waals surface area contributed by atoms with Crippen LogP contribution in [0.15, 0.2) is 30.3 Å². The van der Waals surface area contributed by atoms with E-state index in [0.29, 0.717) is 6.42 Å². The van der Waals surface area contributed by atoms with Gasteiger partial charge in [-0.25, -0.2) is 0 Å². The molecule has 0 heterocycles. The Morgan fingerprint density at radius 1 is 1.38 bits per heavy atom. The summed E-state index contributed by atoms with van der Waals surface area (Å²) in [7, 11) is 0. The number of alkyl halides is 1. The molecule has 0 saturated carbocycles. The van der Waals surface area contributed by atoms with Crippen LogP contribution in [0.25, 0.3) is 0 Å². The van der Waals surface area contributed by atoms with E-state index in [1.165, 1.54) is 5.56 Å². The molecule has 0 spiro atoms. The predicted molar refractivity (Wildman–Crippen MR) is 60.2 cm³/mol. The van der Waals surface area contributed by atoms with E-state index in [9.17, 15) is 4.79 Å². The number of hydrogen-bond donors (Lipinski definition) is 1. The summed E-state index contributed by atoms with van der Waals surface area (Å²) in [4.78, 5) is 10.5. The second kappa shape index (κ2) is 5.21. The number of carbonyl (C=O) groups is 1. The summed E-state index contributed by atoms with van der Waals surface area (Å²) < 4.78 is -0.280. The maximum Gasteiger partial charge on any atom is 0.316 e. The molecule has 3 heteroatoms. The highest BCUT2D eigenvalue weighted by atomic mass is 127. The molecule has 0 aromatic heterocycles. The minimum Gasteiger partial charge on any atom is -0.480 e. The van der Waals surface area contributed by atoms with E-state index in [1.807, 2.05) is 52.9 Å². The lowest BCUT2D eigenvalue weighted by Gasteiger charge is -2.03. The molecule has 0 aliphatic carbocycles. The Labute approximate surface area is 91.1 Å². The Kier molecular flexibility index (Phi) is 4.21. The van der Waals surface area contributed by atoms with Crippen LogP contribution in [0.2, 0.25) is 0 Å². The molecule has 0 aliphatic rings. The van der Waals surface area contributed by atoms with Gasteiger partial charge in [-0.3, -0.25) is 4.79 Å². The largest absolute Gasteiger partial charge is 0.480 e. The third-order valence-electron chi connectivity index (χ3n) is 1.80. The SMILES string of the molecule is O=C(O)C(I)CCc1ccccc1. The topological polar surface area (TPSA) is 37.3 Å². The van der Waals surface area contributed by atoms with Crippen molar-refractivity contribution in [2.45, 2.75) is 16.8 Å². The first kappa shape index (κ1) is 10.5. The summed E-state index contributed by atoms with van der Waals surface area (Å²) >= 11 is 1.96. The fourth-order valence-electron chi connectivity index (χ4n) is 1.06. The van der Waals surface area contributed by atoms with Gasteiger partial charge in [-0.15, -0.1) is 0 Å². The second-order valence-electron chi connectivity index (χ2n) is 2.83. The van der Waals surface area contributed by atoms with E-state index in [4.69, 9.17) is 5.11 Å². The molecule has 13 heavy (non-hydrogen) atoms. The van der Waals surface area contributed by atoms with Gasteiger partial charge in [0.15, 0.2) is 0 Å². The first-order valence-electron chi connectivity index (χ1n) is 4.11. The van der Waals surface area contributed by atoms with Crippen LogP contribution in [0.4, 0.5) is 0 Å². The number of carboxylic acid groups (broad SMARTS) is 1. The van der Waals surface area contributed by atoms with E-state index in [0.717, 1.165) is 6.42 Å². The fourth-order valence-corrected chi connectivity index (χ4v) is 1.37. The molecule has 0 radical (unpaired) electrons.